The molecule has 24 heavy (non-hydrogen) atoms. The minimum absolute atomic E-state index is 0.0370. The number of fused-ring (bicyclic) bond motifs is 1. The molecule has 2 saturated heterocycles. The van der Waals surface area contributed by atoms with Gasteiger partial charge in [-0.1, -0.05) is 18.2 Å². The quantitative estimate of drug-likeness (QED) is 0.894. The van der Waals surface area contributed by atoms with Crippen LogP contribution in [0.5, 0.6) is 0 Å². The maximum atomic E-state index is 12.7. The number of amides is 2. The van der Waals surface area contributed by atoms with E-state index in [1.54, 1.807) is 6.07 Å². The molecule has 0 spiro atoms. The summed E-state index contributed by atoms with van der Waals surface area (Å²) in [6.07, 6.45) is 0.786. The number of hydrogen-bond donors (Lipinski definition) is 1. The first-order chi connectivity index (χ1) is 11.5. The Hall–Kier alpha value is -2.39. The van der Waals surface area contributed by atoms with E-state index in [-0.39, 0.29) is 29.9 Å². The molecule has 2 aliphatic heterocycles. The van der Waals surface area contributed by atoms with E-state index in [0.29, 0.717) is 18.7 Å². The molecule has 0 aliphatic carbocycles. The molecule has 2 amide bonds. The van der Waals surface area contributed by atoms with E-state index >= 15 is 0 Å². The molecule has 1 aromatic rings. The number of rotatable bonds is 3. The summed E-state index contributed by atoms with van der Waals surface area (Å²) < 4.78 is 0. The summed E-state index contributed by atoms with van der Waals surface area (Å²) in [5.74, 6) is 0.0497. The number of piperazine rings is 1. The number of hydrogen-bond acceptors (Lipinski definition) is 4. The summed E-state index contributed by atoms with van der Waals surface area (Å²) in [4.78, 5) is 28.0. The molecule has 2 fully saturated rings. The molecule has 2 aliphatic rings. The first kappa shape index (κ1) is 16.5. The Morgan fingerprint density at radius 1 is 1.38 bits per heavy atom. The highest BCUT2D eigenvalue weighted by Gasteiger charge is 2.43. The lowest BCUT2D eigenvalue weighted by atomic mass is 10.0. The molecule has 6 heteroatoms. The van der Waals surface area contributed by atoms with Crippen molar-refractivity contribution in [2.75, 3.05) is 13.1 Å². The Labute approximate surface area is 142 Å². The summed E-state index contributed by atoms with van der Waals surface area (Å²) in [5.41, 5.74) is 1.60. The summed E-state index contributed by atoms with van der Waals surface area (Å²) >= 11 is 0. The second kappa shape index (κ2) is 6.62. The molecule has 126 valence electrons. The number of benzene rings is 1. The smallest absolute Gasteiger partial charge is 0.240 e. The van der Waals surface area contributed by atoms with Crippen LogP contribution < -0.4 is 5.32 Å². The molecular formula is C18H22N4O2. The summed E-state index contributed by atoms with van der Waals surface area (Å²) in [6.45, 7) is 5.37. The molecule has 2 heterocycles. The van der Waals surface area contributed by atoms with Gasteiger partial charge in [0.15, 0.2) is 0 Å². The van der Waals surface area contributed by atoms with Crippen LogP contribution in [0, 0.1) is 11.3 Å². The molecule has 0 bridgehead atoms. The Bertz CT molecular complexity index is 697. The van der Waals surface area contributed by atoms with Crippen molar-refractivity contribution in [1.82, 2.24) is 15.1 Å². The highest BCUT2D eigenvalue weighted by atomic mass is 16.2. The van der Waals surface area contributed by atoms with Crippen molar-refractivity contribution in [3.05, 3.63) is 35.4 Å². The average molecular weight is 326 g/mol. The summed E-state index contributed by atoms with van der Waals surface area (Å²) in [6, 6.07) is 9.68. The summed E-state index contributed by atoms with van der Waals surface area (Å²) in [7, 11) is 0. The lowest BCUT2D eigenvalue weighted by Gasteiger charge is -2.41. The van der Waals surface area contributed by atoms with Crippen LogP contribution in [0.15, 0.2) is 24.3 Å². The predicted octanol–water partition coefficient (Wildman–Crippen LogP) is 0.868. The Morgan fingerprint density at radius 2 is 2.12 bits per heavy atom. The zero-order chi connectivity index (χ0) is 17.3. The molecule has 3 atom stereocenters. The third kappa shape index (κ3) is 3.13. The van der Waals surface area contributed by atoms with Gasteiger partial charge in [0.25, 0.3) is 0 Å². The number of carbonyl (C=O) groups excluding carboxylic acids is 2. The van der Waals surface area contributed by atoms with E-state index in [9.17, 15) is 14.9 Å². The first-order valence-corrected chi connectivity index (χ1v) is 8.29. The maximum absolute atomic E-state index is 12.7. The monoisotopic (exact) mass is 326 g/mol. The molecule has 6 nitrogen and oxygen atoms in total. The van der Waals surface area contributed by atoms with Crippen LogP contribution in [0.4, 0.5) is 0 Å². The van der Waals surface area contributed by atoms with Crippen molar-refractivity contribution in [3.63, 3.8) is 0 Å². The van der Waals surface area contributed by atoms with E-state index in [2.05, 4.69) is 16.3 Å². The molecule has 0 radical (unpaired) electrons. The number of nitriles is 1. The second-order valence-electron chi connectivity index (χ2n) is 6.65. The fraction of sp³-hybridized carbons (Fsp3) is 0.500. The van der Waals surface area contributed by atoms with Crippen molar-refractivity contribution in [2.45, 2.75) is 44.9 Å². The maximum Gasteiger partial charge on any atom is 0.240 e. The topological polar surface area (TPSA) is 76.4 Å². The highest BCUT2D eigenvalue weighted by Crippen LogP contribution is 2.27. The van der Waals surface area contributed by atoms with Gasteiger partial charge >= 0.3 is 0 Å². The number of carbonyl (C=O) groups is 2. The van der Waals surface area contributed by atoms with E-state index < -0.39 is 0 Å². The zero-order valence-electron chi connectivity index (χ0n) is 14.0. The Balaban J connectivity index is 1.74. The van der Waals surface area contributed by atoms with Gasteiger partial charge in [0.05, 0.1) is 17.7 Å². The number of nitrogens with one attached hydrogen (secondary N) is 1. The third-order valence-corrected chi connectivity index (χ3v) is 4.97. The summed E-state index contributed by atoms with van der Waals surface area (Å²) in [5, 5.41) is 12.2. The molecule has 1 N–H and O–H groups in total. The van der Waals surface area contributed by atoms with Crippen molar-refractivity contribution < 1.29 is 9.59 Å². The van der Waals surface area contributed by atoms with Crippen LogP contribution in [0.25, 0.3) is 0 Å². The van der Waals surface area contributed by atoms with Gasteiger partial charge < -0.3 is 10.2 Å². The van der Waals surface area contributed by atoms with Gasteiger partial charge in [-0.15, -0.1) is 0 Å². The molecular weight excluding hydrogens is 304 g/mol. The van der Waals surface area contributed by atoms with Gasteiger partial charge in [-0.25, -0.2) is 0 Å². The predicted molar refractivity (Wildman–Crippen MR) is 88.8 cm³/mol. The van der Waals surface area contributed by atoms with E-state index in [1.807, 2.05) is 30.0 Å². The highest BCUT2D eigenvalue weighted by molar-refractivity contribution is 5.83. The SMILES string of the molecule is CC(=O)N[C@H]1C[C@H]2CN(Cc3ccccc3C#N)[C@@H](C)C(=O)N2C1. The fourth-order valence-electron chi connectivity index (χ4n) is 3.76. The van der Waals surface area contributed by atoms with E-state index in [0.717, 1.165) is 18.5 Å². The molecule has 3 rings (SSSR count). The fourth-order valence-corrected chi connectivity index (χ4v) is 3.76. The van der Waals surface area contributed by atoms with Gasteiger partial charge in [-0.2, -0.15) is 5.26 Å². The van der Waals surface area contributed by atoms with Crippen molar-refractivity contribution >= 4 is 11.8 Å². The third-order valence-electron chi connectivity index (χ3n) is 4.97. The number of nitrogens with zero attached hydrogens (tertiary/aromatic N) is 3. The molecule has 0 saturated carbocycles. The van der Waals surface area contributed by atoms with Gasteiger partial charge in [0, 0.05) is 38.6 Å². The lowest BCUT2D eigenvalue weighted by molar-refractivity contribution is -0.143. The van der Waals surface area contributed by atoms with Crippen LogP contribution in [0.3, 0.4) is 0 Å². The van der Waals surface area contributed by atoms with Gasteiger partial charge in [0.1, 0.15) is 0 Å². The average Bonchev–Trinajstić information content (AvgIpc) is 2.94. The Morgan fingerprint density at radius 3 is 2.83 bits per heavy atom. The van der Waals surface area contributed by atoms with E-state index in [1.165, 1.54) is 6.92 Å². The van der Waals surface area contributed by atoms with Crippen molar-refractivity contribution in [3.8, 4) is 6.07 Å². The molecule has 1 aromatic carbocycles. The largest absolute Gasteiger partial charge is 0.352 e. The van der Waals surface area contributed by atoms with Gasteiger partial charge in [0.2, 0.25) is 11.8 Å². The van der Waals surface area contributed by atoms with Gasteiger partial charge in [-0.05, 0) is 25.0 Å². The molecule has 0 unspecified atom stereocenters. The van der Waals surface area contributed by atoms with Crippen molar-refractivity contribution in [1.29, 1.82) is 5.26 Å². The first-order valence-electron chi connectivity index (χ1n) is 8.29. The van der Waals surface area contributed by atoms with Crippen LogP contribution in [-0.2, 0) is 16.1 Å². The standard InChI is InChI=1S/C18H22N4O2/c1-12-18(24)22-10-16(20-13(2)23)7-17(22)11-21(12)9-15-6-4-3-5-14(15)8-19/h3-6,12,16-17H,7,9-11H2,1-2H3,(H,20,23)/t12-,16-,17-/m0/s1. The lowest BCUT2D eigenvalue weighted by Crippen LogP contribution is -2.58. The van der Waals surface area contributed by atoms with Crippen LogP contribution in [0.2, 0.25) is 0 Å². The van der Waals surface area contributed by atoms with Crippen LogP contribution in [0.1, 0.15) is 31.4 Å². The second-order valence-corrected chi connectivity index (χ2v) is 6.65. The minimum atomic E-state index is -0.218. The van der Waals surface area contributed by atoms with Crippen LogP contribution >= 0.6 is 0 Å². The van der Waals surface area contributed by atoms with Crippen molar-refractivity contribution in [2.24, 2.45) is 0 Å². The van der Waals surface area contributed by atoms with Gasteiger partial charge in [-0.3, -0.25) is 14.5 Å². The van der Waals surface area contributed by atoms with Crippen LogP contribution in [-0.4, -0.2) is 52.8 Å². The zero-order valence-corrected chi connectivity index (χ0v) is 14.0. The normalized spacial score (nSPS) is 26.8. The molecule has 0 aromatic heterocycles. The Kier molecular flexibility index (Phi) is 4.54. The minimum Gasteiger partial charge on any atom is -0.352 e. The van der Waals surface area contributed by atoms with E-state index in [4.69, 9.17) is 0 Å².